The predicted molar refractivity (Wildman–Crippen MR) is 74.2 cm³/mol. The van der Waals surface area contributed by atoms with Crippen LogP contribution in [0.15, 0.2) is 12.1 Å². The fraction of sp³-hybridized carbons (Fsp3) is 0.625. The minimum Gasteiger partial charge on any atom is -0.321 e. The van der Waals surface area contributed by atoms with Gasteiger partial charge in [-0.25, -0.2) is 4.39 Å². The average Bonchev–Trinajstić information content (AvgIpc) is 2.29. The van der Waals surface area contributed by atoms with Crippen molar-refractivity contribution in [3.63, 3.8) is 0 Å². The number of halogens is 1. The summed E-state index contributed by atoms with van der Waals surface area (Å²) in [5.74, 6) is 0.113. The summed E-state index contributed by atoms with van der Waals surface area (Å²) in [6.07, 6.45) is 5.69. The molecule has 1 aromatic carbocycles. The largest absolute Gasteiger partial charge is 0.321 e. The quantitative estimate of drug-likeness (QED) is 0.827. The van der Waals surface area contributed by atoms with Gasteiger partial charge in [-0.05, 0) is 48.4 Å². The van der Waals surface area contributed by atoms with E-state index in [9.17, 15) is 4.39 Å². The summed E-state index contributed by atoms with van der Waals surface area (Å²) < 4.78 is 13.9. The Kier molecular flexibility index (Phi) is 3.76. The predicted octanol–water partition coefficient (Wildman–Crippen LogP) is 4.38. The van der Waals surface area contributed by atoms with Gasteiger partial charge in [-0.3, -0.25) is 0 Å². The van der Waals surface area contributed by atoms with Crippen LogP contribution in [0, 0.1) is 12.7 Å². The van der Waals surface area contributed by atoms with Crippen molar-refractivity contribution in [2.24, 2.45) is 5.73 Å². The molecule has 0 aromatic heterocycles. The molecule has 2 rings (SSSR count). The van der Waals surface area contributed by atoms with Gasteiger partial charge in [0.2, 0.25) is 0 Å². The smallest absolute Gasteiger partial charge is 0.126 e. The summed E-state index contributed by atoms with van der Waals surface area (Å²) in [4.78, 5) is 0. The van der Waals surface area contributed by atoms with Crippen molar-refractivity contribution in [3.05, 3.63) is 34.6 Å². The van der Waals surface area contributed by atoms with Crippen molar-refractivity contribution < 1.29 is 4.39 Å². The molecular weight excluding hydrogens is 225 g/mol. The van der Waals surface area contributed by atoms with Gasteiger partial charge in [0.05, 0.1) is 0 Å². The van der Waals surface area contributed by atoms with Crippen molar-refractivity contribution in [2.45, 2.75) is 64.3 Å². The summed E-state index contributed by atoms with van der Waals surface area (Å²) in [5.41, 5.74) is 9.30. The highest BCUT2D eigenvalue weighted by atomic mass is 19.1. The van der Waals surface area contributed by atoms with Crippen molar-refractivity contribution in [1.29, 1.82) is 0 Å². The molecule has 1 aliphatic carbocycles. The Morgan fingerprint density at radius 2 is 1.78 bits per heavy atom. The maximum atomic E-state index is 13.9. The lowest BCUT2D eigenvalue weighted by Gasteiger charge is -2.35. The molecule has 0 bridgehead atoms. The Labute approximate surface area is 110 Å². The molecule has 2 heteroatoms. The van der Waals surface area contributed by atoms with Gasteiger partial charge in [-0.15, -0.1) is 0 Å². The molecule has 1 saturated carbocycles. The minimum atomic E-state index is -0.236. The van der Waals surface area contributed by atoms with Crippen LogP contribution in [-0.2, 0) is 5.54 Å². The van der Waals surface area contributed by atoms with Gasteiger partial charge in [0.15, 0.2) is 0 Å². The van der Waals surface area contributed by atoms with E-state index >= 15 is 0 Å². The molecule has 1 aromatic rings. The molecule has 100 valence electrons. The van der Waals surface area contributed by atoms with Gasteiger partial charge >= 0.3 is 0 Å². The Balaban J connectivity index is 2.46. The van der Waals surface area contributed by atoms with Crippen LogP contribution in [0.1, 0.15) is 68.6 Å². The number of hydrogen-bond donors (Lipinski definition) is 1. The Morgan fingerprint density at radius 1 is 1.17 bits per heavy atom. The number of hydrogen-bond acceptors (Lipinski definition) is 1. The van der Waals surface area contributed by atoms with Gasteiger partial charge in [0, 0.05) is 5.54 Å². The third-order valence-corrected chi connectivity index (χ3v) is 4.25. The zero-order valence-electron chi connectivity index (χ0n) is 11.7. The summed E-state index contributed by atoms with van der Waals surface area (Å²) >= 11 is 0. The molecule has 0 atom stereocenters. The second kappa shape index (κ2) is 5.00. The zero-order chi connectivity index (χ0) is 13.3. The van der Waals surface area contributed by atoms with Crippen LogP contribution in [-0.4, -0.2) is 0 Å². The lowest BCUT2D eigenvalue weighted by molar-refractivity contribution is 0.300. The topological polar surface area (TPSA) is 26.0 Å². The molecule has 0 unspecified atom stereocenters. The Hall–Kier alpha value is -0.890. The lowest BCUT2D eigenvalue weighted by Crippen LogP contribution is -2.39. The van der Waals surface area contributed by atoms with Gasteiger partial charge < -0.3 is 5.73 Å². The van der Waals surface area contributed by atoms with E-state index in [1.165, 1.54) is 19.3 Å². The molecule has 1 nitrogen and oxygen atoms in total. The highest BCUT2D eigenvalue weighted by Gasteiger charge is 2.31. The molecule has 0 radical (unpaired) electrons. The van der Waals surface area contributed by atoms with Crippen LogP contribution in [0.5, 0.6) is 0 Å². The third-order valence-electron chi connectivity index (χ3n) is 4.25. The standard InChI is InChI=1S/C16H24FN/c1-11(2)13-10-14(12(3)9-15(13)17)16(18)7-5-4-6-8-16/h9-11H,4-8,18H2,1-3H3. The van der Waals surface area contributed by atoms with Gasteiger partial charge in [0.25, 0.3) is 0 Å². The first kappa shape index (κ1) is 13.5. The highest BCUT2D eigenvalue weighted by Crippen LogP contribution is 2.38. The van der Waals surface area contributed by atoms with Crippen molar-refractivity contribution >= 4 is 0 Å². The molecular formula is C16H24FN. The van der Waals surface area contributed by atoms with Gasteiger partial charge in [0.1, 0.15) is 5.82 Å². The molecule has 0 saturated heterocycles. The molecule has 1 aliphatic rings. The van der Waals surface area contributed by atoms with Crippen LogP contribution in [0.2, 0.25) is 0 Å². The second-order valence-corrected chi connectivity index (χ2v) is 6.06. The first-order chi connectivity index (χ1) is 8.44. The Morgan fingerprint density at radius 3 is 2.33 bits per heavy atom. The number of rotatable bonds is 2. The SMILES string of the molecule is Cc1cc(F)c(C(C)C)cc1C1(N)CCCCC1. The second-order valence-electron chi connectivity index (χ2n) is 6.06. The van der Waals surface area contributed by atoms with E-state index in [-0.39, 0.29) is 17.3 Å². The van der Waals surface area contributed by atoms with Crippen LogP contribution in [0.4, 0.5) is 4.39 Å². The maximum Gasteiger partial charge on any atom is 0.126 e. The van der Waals surface area contributed by atoms with E-state index in [0.29, 0.717) is 0 Å². The molecule has 0 heterocycles. The molecule has 0 spiro atoms. The van der Waals surface area contributed by atoms with Crippen molar-refractivity contribution in [3.8, 4) is 0 Å². The third kappa shape index (κ3) is 2.44. The average molecular weight is 249 g/mol. The number of nitrogens with two attached hydrogens (primary N) is 1. The minimum absolute atomic E-state index is 0.0920. The highest BCUT2D eigenvalue weighted by molar-refractivity contribution is 5.38. The lowest BCUT2D eigenvalue weighted by atomic mass is 9.75. The van der Waals surface area contributed by atoms with Crippen molar-refractivity contribution in [2.75, 3.05) is 0 Å². The Bertz CT molecular complexity index is 431. The van der Waals surface area contributed by atoms with Crippen LogP contribution >= 0.6 is 0 Å². The normalized spacial score (nSPS) is 19.2. The maximum absolute atomic E-state index is 13.9. The van der Waals surface area contributed by atoms with E-state index in [2.05, 4.69) is 0 Å². The van der Waals surface area contributed by atoms with E-state index in [4.69, 9.17) is 5.73 Å². The molecule has 1 fully saturated rings. The summed E-state index contributed by atoms with van der Waals surface area (Å²) in [7, 11) is 0. The molecule has 0 aliphatic heterocycles. The fourth-order valence-electron chi connectivity index (χ4n) is 3.12. The first-order valence-corrected chi connectivity index (χ1v) is 7.03. The summed E-state index contributed by atoms with van der Waals surface area (Å²) in [6.45, 7) is 6.04. The van der Waals surface area contributed by atoms with Crippen LogP contribution in [0.25, 0.3) is 0 Å². The van der Waals surface area contributed by atoms with Crippen LogP contribution in [0.3, 0.4) is 0 Å². The van der Waals surface area contributed by atoms with E-state index in [1.807, 2.05) is 26.8 Å². The monoisotopic (exact) mass is 249 g/mol. The summed E-state index contributed by atoms with van der Waals surface area (Å²) in [6, 6.07) is 3.68. The number of aryl methyl sites for hydroxylation is 1. The fourth-order valence-corrected chi connectivity index (χ4v) is 3.12. The number of benzene rings is 1. The van der Waals surface area contributed by atoms with Crippen molar-refractivity contribution in [1.82, 2.24) is 0 Å². The zero-order valence-corrected chi connectivity index (χ0v) is 11.7. The molecule has 18 heavy (non-hydrogen) atoms. The van der Waals surface area contributed by atoms with E-state index < -0.39 is 0 Å². The molecule has 2 N–H and O–H groups in total. The van der Waals surface area contributed by atoms with Gasteiger partial charge in [-0.2, -0.15) is 0 Å². The van der Waals surface area contributed by atoms with E-state index in [0.717, 1.165) is 29.5 Å². The summed E-state index contributed by atoms with van der Waals surface area (Å²) in [5, 5.41) is 0. The van der Waals surface area contributed by atoms with Crippen LogP contribution < -0.4 is 5.73 Å². The first-order valence-electron chi connectivity index (χ1n) is 7.03. The van der Waals surface area contributed by atoms with Gasteiger partial charge in [-0.1, -0.05) is 39.2 Å². The molecule has 0 amide bonds. The van der Waals surface area contributed by atoms with E-state index in [1.54, 1.807) is 6.07 Å².